The molecule has 0 aliphatic rings. The van der Waals surface area contributed by atoms with Crippen molar-refractivity contribution in [2.24, 2.45) is 11.8 Å². The van der Waals surface area contributed by atoms with Crippen LogP contribution in [0.2, 0.25) is 0 Å². The molecule has 0 rings (SSSR count). The van der Waals surface area contributed by atoms with Crippen molar-refractivity contribution in [2.75, 3.05) is 6.61 Å². The Bertz CT molecular complexity index is 326. The second-order valence-electron chi connectivity index (χ2n) is 9.11. The summed E-state index contributed by atoms with van der Waals surface area (Å²) in [5, 5.41) is 0. The molecule has 0 aromatic rings. The average Bonchev–Trinajstić information content (AvgIpc) is 2.70. The zero-order valence-corrected chi connectivity index (χ0v) is 19.9. The average molecular weight is 397 g/mol. The van der Waals surface area contributed by atoms with Crippen LogP contribution in [0.4, 0.5) is 0 Å². The third kappa shape index (κ3) is 18.8. The van der Waals surface area contributed by atoms with Crippen LogP contribution in [-0.4, -0.2) is 12.6 Å². The second kappa shape index (κ2) is 21.2. The van der Waals surface area contributed by atoms with Gasteiger partial charge in [-0.2, -0.15) is 0 Å². The summed E-state index contributed by atoms with van der Waals surface area (Å²) >= 11 is 0. The van der Waals surface area contributed by atoms with Gasteiger partial charge in [0, 0.05) is 0 Å². The molecule has 0 aromatic carbocycles. The van der Waals surface area contributed by atoms with Crippen LogP contribution >= 0.6 is 0 Å². The molecule has 2 atom stereocenters. The molecule has 0 heterocycles. The number of carbonyl (C=O) groups is 1. The zero-order valence-electron chi connectivity index (χ0n) is 19.9. The van der Waals surface area contributed by atoms with E-state index in [2.05, 4.69) is 20.8 Å². The standard InChI is InChI=1S/C26H52O2/c1-5-7-8-9-10-11-12-13-14-15-16-17-18-19-23-28-26(27)25(4)22-20-21-24(3)6-2/h24-25H,5-23H2,1-4H3/t24-,25-/m0/s1. The minimum atomic E-state index is 0.0128. The van der Waals surface area contributed by atoms with Crippen molar-refractivity contribution in [3.63, 3.8) is 0 Å². The molecule has 0 radical (unpaired) electrons. The molecule has 2 heteroatoms. The third-order valence-corrected chi connectivity index (χ3v) is 6.18. The minimum Gasteiger partial charge on any atom is -0.465 e. The molecule has 0 bridgehead atoms. The Morgan fingerprint density at radius 3 is 1.57 bits per heavy atom. The van der Waals surface area contributed by atoms with Gasteiger partial charge in [0.15, 0.2) is 0 Å². The molecule has 168 valence electrons. The van der Waals surface area contributed by atoms with Crippen molar-refractivity contribution in [3.05, 3.63) is 0 Å². The van der Waals surface area contributed by atoms with Crippen LogP contribution in [0, 0.1) is 11.8 Å². The van der Waals surface area contributed by atoms with E-state index in [-0.39, 0.29) is 11.9 Å². The van der Waals surface area contributed by atoms with Crippen LogP contribution < -0.4 is 0 Å². The number of hydrogen-bond donors (Lipinski definition) is 0. The van der Waals surface area contributed by atoms with E-state index in [1.54, 1.807) is 0 Å². The molecule has 0 aliphatic heterocycles. The van der Waals surface area contributed by atoms with Gasteiger partial charge in [0.1, 0.15) is 0 Å². The second-order valence-corrected chi connectivity index (χ2v) is 9.11. The number of ether oxygens (including phenoxy) is 1. The van der Waals surface area contributed by atoms with Crippen molar-refractivity contribution < 1.29 is 9.53 Å². The topological polar surface area (TPSA) is 26.3 Å². The van der Waals surface area contributed by atoms with E-state index in [0.717, 1.165) is 25.2 Å². The van der Waals surface area contributed by atoms with Crippen molar-refractivity contribution in [2.45, 2.75) is 143 Å². The van der Waals surface area contributed by atoms with Gasteiger partial charge in [0.05, 0.1) is 12.5 Å². The van der Waals surface area contributed by atoms with Crippen molar-refractivity contribution in [3.8, 4) is 0 Å². The lowest BCUT2D eigenvalue weighted by Crippen LogP contribution is -2.15. The highest BCUT2D eigenvalue weighted by molar-refractivity contribution is 5.71. The normalized spacial score (nSPS) is 13.4. The highest BCUT2D eigenvalue weighted by Gasteiger charge is 2.14. The van der Waals surface area contributed by atoms with Crippen LogP contribution in [0.15, 0.2) is 0 Å². The maximum atomic E-state index is 12.0. The molecule has 0 spiro atoms. The molecule has 0 N–H and O–H groups in total. The summed E-state index contributed by atoms with van der Waals surface area (Å²) < 4.78 is 5.46. The van der Waals surface area contributed by atoms with Crippen LogP contribution in [0.1, 0.15) is 143 Å². The maximum Gasteiger partial charge on any atom is 0.308 e. The Morgan fingerprint density at radius 1 is 0.643 bits per heavy atom. The van der Waals surface area contributed by atoms with Gasteiger partial charge in [0.25, 0.3) is 0 Å². The van der Waals surface area contributed by atoms with Crippen molar-refractivity contribution in [1.29, 1.82) is 0 Å². The Balaban J connectivity index is 3.28. The summed E-state index contributed by atoms with van der Waals surface area (Å²) in [6.07, 6.45) is 23.6. The number of hydrogen-bond acceptors (Lipinski definition) is 2. The van der Waals surface area contributed by atoms with E-state index in [1.165, 1.54) is 96.3 Å². The minimum absolute atomic E-state index is 0.0128. The lowest BCUT2D eigenvalue weighted by Gasteiger charge is -2.13. The fourth-order valence-electron chi connectivity index (χ4n) is 3.71. The third-order valence-electron chi connectivity index (χ3n) is 6.18. The van der Waals surface area contributed by atoms with Gasteiger partial charge in [-0.25, -0.2) is 0 Å². The first-order valence-electron chi connectivity index (χ1n) is 12.8. The Labute approximate surface area is 177 Å². The van der Waals surface area contributed by atoms with E-state index in [9.17, 15) is 4.79 Å². The Kier molecular flexibility index (Phi) is 20.8. The first-order valence-corrected chi connectivity index (χ1v) is 12.8. The fourth-order valence-corrected chi connectivity index (χ4v) is 3.71. The van der Waals surface area contributed by atoms with E-state index >= 15 is 0 Å². The fraction of sp³-hybridized carbons (Fsp3) is 0.962. The molecular formula is C26H52O2. The van der Waals surface area contributed by atoms with E-state index in [4.69, 9.17) is 4.74 Å². The molecule has 28 heavy (non-hydrogen) atoms. The summed E-state index contributed by atoms with van der Waals surface area (Å²) in [5.41, 5.74) is 0. The molecule has 0 aliphatic carbocycles. The molecule has 0 saturated heterocycles. The Hall–Kier alpha value is -0.530. The number of unbranched alkanes of at least 4 members (excludes halogenated alkanes) is 13. The van der Waals surface area contributed by atoms with Crippen LogP contribution in [0.25, 0.3) is 0 Å². The molecule has 0 fully saturated rings. The van der Waals surface area contributed by atoms with E-state index in [0.29, 0.717) is 6.61 Å². The molecule has 0 saturated carbocycles. The SMILES string of the molecule is CCCCCCCCCCCCCCCCOC(=O)[C@@H](C)CCC[C@@H](C)CC. The quantitative estimate of drug-likeness (QED) is 0.143. The highest BCUT2D eigenvalue weighted by atomic mass is 16.5. The predicted molar refractivity (Wildman–Crippen MR) is 124 cm³/mol. The lowest BCUT2D eigenvalue weighted by molar-refractivity contribution is -0.148. The van der Waals surface area contributed by atoms with Crippen LogP contribution in [0.3, 0.4) is 0 Å². The summed E-state index contributed by atoms with van der Waals surface area (Å²) in [6.45, 7) is 9.44. The van der Waals surface area contributed by atoms with Gasteiger partial charge >= 0.3 is 5.97 Å². The zero-order chi connectivity index (χ0) is 20.9. The predicted octanol–water partition coefficient (Wildman–Crippen LogP) is 8.86. The first-order chi connectivity index (χ1) is 13.6. The van der Waals surface area contributed by atoms with Gasteiger partial charge < -0.3 is 4.74 Å². The largest absolute Gasteiger partial charge is 0.465 e. The summed E-state index contributed by atoms with van der Waals surface area (Å²) in [6, 6.07) is 0. The Morgan fingerprint density at radius 2 is 1.11 bits per heavy atom. The molecular weight excluding hydrogens is 344 g/mol. The summed E-state index contributed by atoms with van der Waals surface area (Å²) in [5.74, 6) is 0.855. The lowest BCUT2D eigenvalue weighted by atomic mass is 9.97. The van der Waals surface area contributed by atoms with E-state index in [1.807, 2.05) is 6.92 Å². The van der Waals surface area contributed by atoms with Crippen LogP contribution in [-0.2, 0) is 9.53 Å². The smallest absolute Gasteiger partial charge is 0.308 e. The van der Waals surface area contributed by atoms with Gasteiger partial charge in [-0.05, 0) is 18.8 Å². The van der Waals surface area contributed by atoms with Crippen molar-refractivity contribution in [1.82, 2.24) is 0 Å². The van der Waals surface area contributed by atoms with Crippen molar-refractivity contribution >= 4 is 5.97 Å². The molecule has 0 aromatic heterocycles. The number of rotatable bonds is 21. The number of carbonyl (C=O) groups excluding carboxylic acids is 1. The molecule has 0 amide bonds. The summed E-state index contributed by atoms with van der Waals surface area (Å²) in [7, 11) is 0. The van der Waals surface area contributed by atoms with Gasteiger partial charge in [-0.3, -0.25) is 4.79 Å². The highest BCUT2D eigenvalue weighted by Crippen LogP contribution is 2.16. The van der Waals surface area contributed by atoms with Gasteiger partial charge in [0.2, 0.25) is 0 Å². The van der Waals surface area contributed by atoms with Gasteiger partial charge in [-0.1, -0.05) is 130 Å². The van der Waals surface area contributed by atoms with Crippen LogP contribution in [0.5, 0.6) is 0 Å². The number of esters is 1. The summed E-state index contributed by atoms with van der Waals surface area (Å²) in [4.78, 5) is 12.0. The molecule has 0 unspecified atom stereocenters. The first kappa shape index (κ1) is 27.5. The van der Waals surface area contributed by atoms with Gasteiger partial charge in [-0.15, -0.1) is 0 Å². The maximum absolute atomic E-state index is 12.0. The molecule has 2 nitrogen and oxygen atoms in total. The monoisotopic (exact) mass is 396 g/mol. The van der Waals surface area contributed by atoms with E-state index < -0.39 is 0 Å².